The molecule has 0 aliphatic rings. The average Bonchev–Trinajstić information content (AvgIpc) is 2.79. The molecule has 0 fully saturated rings. The van der Waals surface area contributed by atoms with Crippen LogP contribution in [0, 0.1) is 0 Å². The fourth-order valence-corrected chi connectivity index (χ4v) is 3.62. The normalized spacial score (nSPS) is 10.8. The summed E-state index contributed by atoms with van der Waals surface area (Å²) in [7, 11) is 0. The van der Waals surface area contributed by atoms with E-state index in [1.54, 1.807) is 18.0 Å². The van der Waals surface area contributed by atoms with Gasteiger partial charge < -0.3 is 5.32 Å². The summed E-state index contributed by atoms with van der Waals surface area (Å²) in [4.78, 5) is 23.3. The number of hydrogen-bond acceptors (Lipinski definition) is 4. The molecule has 0 bridgehead atoms. The molecule has 144 valence electrons. The highest BCUT2D eigenvalue weighted by atomic mass is 32.2. The van der Waals surface area contributed by atoms with Gasteiger partial charge in [-0.2, -0.15) is 0 Å². The molecule has 0 saturated heterocycles. The Hall–Kier alpha value is -3.18. The Morgan fingerprint density at radius 3 is 2.52 bits per heavy atom. The molecule has 4 nitrogen and oxygen atoms in total. The molecule has 2 aromatic heterocycles. The lowest BCUT2D eigenvalue weighted by atomic mass is 10.1. The number of para-hydroxylation sites is 1. The van der Waals surface area contributed by atoms with Crippen LogP contribution in [-0.4, -0.2) is 28.7 Å². The minimum Gasteiger partial charge on any atom is -0.352 e. The summed E-state index contributed by atoms with van der Waals surface area (Å²) in [5, 5.41) is 3.90. The maximum absolute atomic E-state index is 13.0. The summed E-state index contributed by atoms with van der Waals surface area (Å²) in [6, 6.07) is 23.7. The quantitative estimate of drug-likeness (QED) is 0.464. The van der Waals surface area contributed by atoms with Crippen LogP contribution in [0.4, 0.5) is 0 Å². The number of rotatable bonds is 6. The molecule has 0 aliphatic carbocycles. The fourth-order valence-electron chi connectivity index (χ4n) is 3.22. The highest BCUT2D eigenvalue weighted by molar-refractivity contribution is 7.98. The second-order valence-electron chi connectivity index (χ2n) is 6.64. The van der Waals surface area contributed by atoms with Crippen LogP contribution < -0.4 is 5.32 Å². The summed E-state index contributed by atoms with van der Waals surface area (Å²) in [5.74, 6) is -0.0958. The number of aromatic nitrogens is 2. The molecule has 4 rings (SSSR count). The smallest absolute Gasteiger partial charge is 0.252 e. The Kier molecular flexibility index (Phi) is 5.86. The first-order chi connectivity index (χ1) is 14.2. The van der Waals surface area contributed by atoms with Crippen LogP contribution in [0.15, 0.2) is 83.9 Å². The first-order valence-corrected chi connectivity index (χ1v) is 10.7. The molecule has 0 spiro atoms. The molecular weight excluding hydrogens is 378 g/mol. The molecule has 1 N–H and O–H groups in total. The van der Waals surface area contributed by atoms with E-state index >= 15 is 0 Å². The van der Waals surface area contributed by atoms with Gasteiger partial charge in [-0.1, -0.05) is 36.4 Å². The molecule has 0 saturated carbocycles. The number of nitrogens with zero attached hydrogens (tertiary/aromatic N) is 2. The van der Waals surface area contributed by atoms with E-state index in [2.05, 4.69) is 45.8 Å². The molecule has 0 radical (unpaired) electrons. The fraction of sp³-hybridized carbons (Fsp3) is 0.125. The molecule has 2 aromatic carbocycles. The van der Waals surface area contributed by atoms with E-state index in [-0.39, 0.29) is 5.91 Å². The minimum absolute atomic E-state index is 0.0958. The molecule has 0 unspecified atom stereocenters. The predicted molar refractivity (Wildman–Crippen MR) is 119 cm³/mol. The number of benzene rings is 2. The van der Waals surface area contributed by atoms with Gasteiger partial charge in [0.05, 0.1) is 22.5 Å². The Morgan fingerprint density at radius 1 is 0.966 bits per heavy atom. The van der Waals surface area contributed by atoms with Crippen LogP contribution in [0.25, 0.3) is 22.3 Å². The third kappa shape index (κ3) is 4.46. The standard InChI is InChI=1S/C24H21N3OS/c1-29-18-11-9-17(10-12-18)13-15-26-24(28)20-16-23(22-8-4-5-14-25-22)27-21-7-3-2-6-19(20)21/h2-12,14,16H,13,15H2,1H3,(H,26,28). The van der Waals surface area contributed by atoms with Crippen LogP contribution in [0.3, 0.4) is 0 Å². The topological polar surface area (TPSA) is 54.9 Å². The van der Waals surface area contributed by atoms with E-state index in [9.17, 15) is 4.79 Å². The van der Waals surface area contributed by atoms with Gasteiger partial charge in [-0.25, -0.2) is 4.98 Å². The van der Waals surface area contributed by atoms with Crippen molar-refractivity contribution in [2.24, 2.45) is 0 Å². The van der Waals surface area contributed by atoms with Crippen LogP contribution in [0.2, 0.25) is 0 Å². The summed E-state index contributed by atoms with van der Waals surface area (Å²) >= 11 is 1.72. The van der Waals surface area contributed by atoms with Gasteiger partial charge in [-0.15, -0.1) is 11.8 Å². The van der Waals surface area contributed by atoms with Crippen LogP contribution in [0.1, 0.15) is 15.9 Å². The van der Waals surface area contributed by atoms with Crippen LogP contribution in [0.5, 0.6) is 0 Å². The lowest BCUT2D eigenvalue weighted by Crippen LogP contribution is -2.26. The highest BCUT2D eigenvalue weighted by Crippen LogP contribution is 2.23. The van der Waals surface area contributed by atoms with Gasteiger partial charge in [0.15, 0.2) is 0 Å². The van der Waals surface area contributed by atoms with E-state index < -0.39 is 0 Å². The van der Waals surface area contributed by atoms with E-state index in [0.717, 1.165) is 23.0 Å². The maximum atomic E-state index is 13.0. The van der Waals surface area contributed by atoms with Crippen molar-refractivity contribution in [2.75, 3.05) is 12.8 Å². The Balaban J connectivity index is 1.56. The maximum Gasteiger partial charge on any atom is 0.252 e. The minimum atomic E-state index is -0.0958. The van der Waals surface area contributed by atoms with Crippen molar-refractivity contribution in [1.82, 2.24) is 15.3 Å². The Labute approximate surface area is 174 Å². The zero-order chi connectivity index (χ0) is 20.1. The monoisotopic (exact) mass is 399 g/mol. The molecular formula is C24H21N3OS. The summed E-state index contributed by atoms with van der Waals surface area (Å²) in [6.07, 6.45) is 4.58. The zero-order valence-corrected chi connectivity index (χ0v) is 16.9. The van der Waals surface area contributed by atoms with Gasteiger partial charge in [0.2, 0.25) is 0 Å². The van der Waals surface area contributed by atoms with Gasteiger partial charge in [-0.3, -0.25) is 9.78 Å². The number of carbonyl (C=O) groups excluding carboxylic acids is 1. The number of nitrogens with one attached hydrogen (secondary N) is 1. The number of hydrogen-bond donors (Lipinski definition) is 1. The molecule has 0 atom stereocenters. The summed E-state index contributed by atoms with van der Waals surface area (Å²) in [6.45, 7) is 0.576. The van der Waals surface area contributed by atoms with Crippen LogP contribution >= 0.6 is 11.8 Å². The third-order valence-electron chi connectivity index (χ3n) is 4.75. The molecule has 1 amide bonds. The Morgan fingerprint density at radius 2 is 1.76 bits per heavy atom. The SMILES string of the molecule is CSc1ccc(CCNC(=O)c2cc(-c3ccccn3)nc3ccccc23)cc1. The molecule has 0 aliphatic heterocycles. The molecule has 4 aromatic rings. The average molecular weight is 400 g/mol. The van der Waals surface area contributed by atoms with E-state index in [0.29, 0.717) is 17.8 Å². The van der Waals surface area contributed by atoms with Gasteiger partial charge >= 0.3 is 0 Å². The van der Waals surface area contributed by atoms with Gasteiger partial charge in [0, 0.05) is 23.0 Å². The predicted octanol–water partition coefficient (Wildman–Crippen LogP) is 4.99. The molecule has 5 heteroatoms. The van der Waals surface area contributed by atoms with E-state index in [1.165, 1.54) is 10.5 Å². The van der Waals surface area contributed by atoms with Crippen molar-refractivity contribution >= 4 is 28.6 Å². The third-order valence-corrected chi connectivity index (χ3v) is 5.49. The van der Waals surface area contributed by atoms with Crippen molar-refractivity contribution in [2.45, 2.75) is 11.3 Å². The number of thioether (sulfide) groups is 1. The van der Waals surface area contributed by atoms with Gasteiger partial charge in [-0.05, 0) is 54.6 Å². The lowest BCUT2D eigenvalue weighted by molar-refractivity contribution is 0.0956. The van der Waals surface area contributed by atoms with Crippen molar-refractivity contribution in [3.05, 3.63) is 90.1 Å². The second-order valence-corrected chi connectivity index (χ2v) is 7.52. The first-order valence-electron chi connectivity index (χ1n) is 9.47. The van der Waals surface area contributed by atoms with Gasteiger partial charge in [0.25, 0.3) is 5.91 Å². The largest absolute Gasteiger partial charge is 0.352 e. The highest BCUT2D eigenvalue weighted by Gasteiger charge is 2.14. The second kappa shape index (κ2) is 8.88. The Bertz CT molecular complexity index is 1130. The first kappa shape index (κ1) is 19.2. The van der Waals surface area contributed by atoms with Crippen molar-refractivity contribution < 1.29 is 4.79 Å². The number of carbonyl (C=O) groups is 1. The molecule has 2 heterocycles. The van der Waals surface area contributed by atoms with E-state index in [4.69, 9.17) is 0 Å². The van der Waals surface area contributed by atoms with E-state index in [1.807, 2.05) is 48.5 Å². The number of pyridine rings is 2. The number of amides is 1. The van der Waals surface area contributed by atoms with Crippen molar-refractivity contribution in [3.63, 3.8) is 0 Å². The number of fused-ring (bicyclic) bond motifs is 1. The van der Waals surface area contributed by atoms with Crippen LogP contribution in [-0.2, 0) is 6.42 Å². The zero-order valence-electron chi connectivity index (χ0n) is 16.1. The molecule has 29 heavy (non-hydrogen) atoms. The summed E-state index contributed by atoms with van der Waals surface area (Å²) in [5.41, 5.74) is 4.06. The van der Waals surface area contributed by atoms with Crippen molar-refractivity contribution in [1.29, 1.82) is 0 Å². The summed E-state index contributed by atoms with van der Waals surface area (Å²) < 4.78 is 0. The lowest BCUT2D eigenvalue weighted by Gasteiger charge is -2.10. The van der Waals surface area contributed by atoms with Gasteiger partial charge in [0.1, 0.15) is 0 Å². The van der Waals surface area contributed by atoms with Crippen molar-refractivity contribution in [3.8, 4) is 11.4 Å².